The highest BCUT2D eigenvalue weighted by Gasteiger charge is 2.34. The summed E-state index contributed by atoms with van der Waals surface area (Å²) in [5.74, 6) is -1.79. The molecule has 3 rings (SSSR count). The van der Waals surface area contributed by atoms with Gasteiger partial charge in [0, 0.05) is 23.4 Å². The summed E-state index contributed by atoms with van der Waals surface area (Å²) >= 11 is 1.11. The van der Waals surface area contributed by atoms with E-state index in [0.717, 1.165) is 23.5 Å². The second-order valence-corrected chi connectivity index (χ2v) is 8.13. The Morgan fingerprint density at radius 1 is 1.33 bits per heavy atom. The topological polar surface area (TPSA) is 63.5 Å². The standard InChI is InChI=1S/C20H19F4N3O2S/c1-4-10(2)25-18(29)17-11(3)30-19-26-13(9-15(28)27(17)19)8-12-6-5-7-14(16(12)21)20(22,23)24/h5-7,9-10H,4,8H2,1-3H3,(H,25,29)/t10-/m0/s1. The fourth-order valence-electron chi connectivity index (χ4n) is 3.00. The number of amides is 1. The van der Waals surface area contributed by atoms with E-state index in [0.29, 0.717) is 17.4 Å². The Kier molecular flexibility index (Phi) is 5.98. The quantitative estimate of drug-likeness (QED) is 0.599. The summed E-state index contributed by atoms with van der Waals surface area (Å²) < 4.78 is 54.3. The van der Waals surface area contributed by atoms with Crippen LogP contribution in [-0.2, 0) is 12.6 Å². The van der Waals surface area contributed by atoms with Crippen LogP contribution in [0.15, 0.2) is 29.1 Å². The number of hydrogen-bond donors (Lipinski definition) is 1. The number of alkyl halides is 3. The first-order valence-electron chi connectivity index (χ1n) is 9.20. The Labute approximate surface area is 173 Å². The van der Waals surface area contributed by atoms with Crippen molar-refractivity contribution < 1.29 is 22.4 Å². The highest BCUT2D eigenvalue weighted by atomic mass is 32.1. The van der Waals surface area contributed by atoms with Gasteiger partial charge in [-0.25, -0.2) is 13.8 Å². The van der Waals surface area contributed by atoms with E-state index in [1.54, 1.807) is 6.92 Å². The molecule has 30 heavy (non-hydrogen) atoms. The number of halogens is 4. The van der Waals surface area contributed by atoms with Crippen LogP contribution in [-0.4, -0.2) is 21.3 Å². The molecule has 0 bridgehead atoms. The van der Waals surface area contributed by atoms with Crippen LogP contribution in [0.1, 0.15) is 52.5 Å². The number of nitrogens with one attached hydrogen (secondary N) is 1. The van der Waals surface area contributed by atoms with Gasteiger partial charge in [0.05, 0.1) is 11.3 Å². The number of benzene rings is 1. The van der Waals surface area contributed by atoms with Crippen molar-refractivity contribution in [2.75, 3.05) is 0 Å². The van der Waals surface area contributed by atoms with Crippen molar-refractivity contribution in [2.45, 2.75) is 45.8 Å². The van der Waals surface area contributed by atoms with Crippen molar-refractivity contribution in [2.24, 2.45) is 0 Å². The fraction of sp³-hybridized carbons (Fsp3) is 0.350. The average Bonchev–Trinajstić information content (AvgIpc) is 2.98. The van der Waals surface area contributed by atoms with E-state index in [9.17, 15) is 27.2 Å². The minimum atomic E-state index is -4.82. The predicted molar refractivity (Wildman–Crippen MR) is 106 cm³/mol. The van der Waals surface area contributed by atoms with Crippen molar-refractivity contribution in [1.82, 2.24) is 14.7 Å². The Hall–Kier alpha value is -2.75. The Morgan fingerprint density at radius 2 is 2.03 bits per heavy atom. The van der Waals surface area contributed by atoms with Gasteiger partial charge in [0.15, 0.2) is 4.96 Å². The summed E-state index contributed by atoms with van der Waals surface area (Å²) in [6.45, 7) is 5.43. The van der Waals surface area contributed by atoms with Gasteiger partial charge in [-0.3, -0.25) is 9.59 Å². The molecule has 0 radical (unpaired) electrons. The van der Waals surface area contributed by atoms with Crippen molar-refractivity contribution in [3.05, 3.63) is 67.8 Å². The molecular weight excluding hydrogens is 422 g/mol. The molecule has 0 saturated carbocycles. The number of hydrogen-bond acceptors (Lipinski definition) is 4. The summed E-state index contributed by atoms with van der Waals surface area (Å²) in [5, 5.41) is 2.80. The summed E-state index contributed by atoms with van der Waals surface area (Å²) in [6, 6.07) is 4.02. The van der Waals surface area contributed by atoms with Gasteiger partial charge in [0.25, 0.3) is 11.5 Å². The Balaban J connectivity index is 2.02. The summed E-state index contributed by atoms with van der Waals surface area (Å²) in [7, 11) is 0. The number of rotatable bonds is 5. The Morgan fingerprint density at radius 3 is 2.67 bits per heavy atom. The third kappa shape index (κ3) is 4.23. The van der Waals surface area contributed by atoms with E-state index in [4.69, 9.17) is 0 Å². The molecule has 2 heterocycles. The molecule has 1 aromatic carbocycles. The van der Waals surface area contributed by atoms with Crippen LogP contribution in [0, 0.1) is 12.7 Å². The maximum Gasteiger partial charge on any atom is 0.419 e. The normalized spacial score (nSPS) is 12.9. The van der Waals surface area contributed by atoms with E-state index in [-0.39, 0.29) is 34.4 Å². The zero-order valence-electron chi connectivity index (χ0n) is 16.4. The third-order valence-corrected chi connectivity index (χ3v) is 5.66. The van der Waals surface area contributed by atoms with Gasteiger partial charge in [0.2, 0.25) is 0 Å². The largest absolute Gasteiger partial charge is 0.419 e. The SMILES string of the molecule is CC[C@H](C)NC(=O)c1c(C)sc2nc(Cc3cccc(C(F)(F)F)c3F)cc(=O)n12. The monoisotopic (exact) mass is 441 g/mol. The minimum Gasteiger partial charge on any atom is -0.348 e. The number of thiazole rings is 1. The molecule has 0 aliphatic heterocycles. The van der Waals surface area contributed by atoms with E-state index in [2.05, 4.69) is 10.3 Å². The zero-order chi connectivity index (χ0) is 22.2. The van der Waals surface area contributed by atoms with Gasteiger partial charge in [-0.1, -0.05) is 19.1 Å². The lowest BCUT2D eigenvalue weighted by atomic mass is 10.0. The van der Waals surface area contributed by atoms with E-state index >= 15 is 0 Å². The molecule has 0 spiro atoms. The number of aromatic nitrogens is 2. The van der Waals surface area contributed by atoms with Crippen molar-refractivity contribution >= 4 is 22.2 Å². The second kappa shape index (κ2) is 8.17. The first kappa shape index (κ1) is 21.9. The minimum absolute atomic E-state index is 0.0846. The van der Waals surface area contributed by atoms with Crippen molar-refractivity contribution in [3.8, 4) is 0 Å². The fourth-order valence-corrected chi connectivity index (χ4v) is 3.99. The molecule has 0 saturated heterocycles. The molecule has 0 unspecified atom stereocenters. The highest BCUT2D eigenvalue weighted by Crippen LogP contribution is 2.33. The van der Waals surface area contributed by atoms with E-state index in [1.165, 1.54) is 10.5 Å². The zero-order valence-corrected chi connectivity index (χ0v) is 17.2. The maximum absolute atomic E-state index is 14.3. The molecule has 2 aromatic heterocycles. The second-order valence-electron chi connectivity index (χ2n) is 6.95. The molecule has 0 fully saturated rings. The first-order chi connectivity index (χ1) is 14.0. The van der Waals surface area contributed by atoms with Crippen LogP contribution < -0.4 is 10.9 Å². The lowest BCUT2D eigenvalue weighted by molar-refractivity contribution is -0.140. The van der Waals surface area contributed by atoms with Crippen LogP contribution in [0.5, 0.6) is 0 Å². The van der Waals surface area contributed by atoms with Crippen molar-refractivity contribution in [3.63, 3.8) is 0 Å². The number of carbonyl (C=O) groups excluding carboxylic acids is 1. The number of aryl methyl sites for hydroxylation is 1. The highest BCUT2D eigenvalue weighted by molar-refractivity contribution is 7.17. The molecule has 3 aromatic rings. The lowest BCUT2D eigenvalue weighted by Gasteiger charge is -2.12. The maximum atomic E-state index is 14.3. The van der Waals surface area contributed by atoms with Crippen molar-refractivity contribution in [1.29, 1.82) is 0 Å². The van der Waals surface area contributed by atoms with E-state index in [1.807, 2.05) is 13.8 Å². The predicted octanol–water partition coefficient (Wildman–Crippen LogP) is 4.34. The van der Waals surface area contributed by atoms with Gasteiger partial charge < -0.3 is 5.32 Å². The smallest absolute Gasteiger partial charge is 0.348 e. The summed E-state index contributed by atoms with van der Waals surface area (Å²) in [5.41, 5.74) is -1.85. The molecule has 0 aliphatic carbocycles. The summed E-state index contributed by atoms with van der Waals surface area (Å²) in [6.07, 6.45) is -4.39. The molecule has 10 heteroatoms. The molecule has 5 nitrogen and oxygen atoms in total. The molecule has 160 valence electrons. The molecule has 0 aliphatic rings. The number of carbonyl (C=O) groups is 1. The lowest BCUT2D eigenvalue weighted by Crippen LogP contribution is -2.34. The number of fused-ring (bicyclic) bond motifs is 1. The van der Waals surface area contributed by atoms with Gasteiger partial charge in [0.1, 0.15) is 11.5 Å². The van der Waals surface area contributed by atoms with Crippen LogP contribution in [0.25, 0.3) is 4.96 Å². The van der Waals surface area contributed by atoms with Crippen LogP contribution >= 0.6 is 11.3 Å². The van der Waals surface area contributed by atoms with Crippen LogP contribution in [0.2, 0.25) is 0 Å². The molecule has 1 N–H and O–H groups in total. The average molecular weight is 441 g/mol. The Bertz CT molecular complexity index is 1170. The van der Waals surface area contributed by atoms with Gasteiger partial charge in [-0.05, 0) is 31.9 Å². The van der Waals surface area contributed by atoms with Gasteiger partial charge >= 0.3 is 6.18 Å². The molecular formula is C20H19F4N3O2S. The van der Waals surface area contributed by atoms with Crippen LogP contribution in [0.3, 0.4) is 0 Å². The first-order valence-corrected chi connectivity index (χ1v) is 10.0. The van der Waals surface area contributed by atoms with Gasteiger partial charge in [-0.15, -0.1) is 11.3 Å². The number of nitrogens with zero attached hydrogens (tertiary/aromatic N) is 2. The van der Waals surface area contributed by atoms with Crippen LogP contribution in [0.4, 0.5) is 17.6 Å². The third-order valence-electron chi connectivity index (χ3n) is 4.70. The van der Waals surface area contributed by atoms with Gasteiger partial charge in [-0.2, -0.15) is 13.2 Å². The molecule has 1 atom stereocenters. The van der Waals surface area contributed by atoms with E-state index < -0.39 is 29.0 Å². The summed E-state index contributed by atoms with van der Waals surface area (Å²) in [4.78, 5) is 30.3. The molecule has 1 amide bonds.